The van der Waals surface area contributed by atoms with Gasteiger partial charge in [0.2, 0.25) is 0 Å². The highest BCUT2D eigenvalue weighted by molar-refractivity contribution is 7.98. The van der Waals surface area contributed by atoms with E-state index in [1.165, 1.54) is 17.8 Å². The second kappa shape index (κ2) is 8.04. The number of hydrogen-bond donors (Lipinski definition) is 1. The number of benzene rings is 2. The molecule has 6 heteroatoms. The predicted octanol–water partition coefficient (Wildman–Crippen LogP) is 4.29. The number of para-hydroxylation sites is 1. The Morgan fingerprint density at radius 1 is 1.08 bits per heavy atom. The van der Waals surface area contributed by atoms with Gasteiger partial charge in [-0.05, 0) is 29.8 Å². The first kappa shape index (κ1) is 16.6. The topological polar surface area (TPSA) is 55.0 Å². The summed E-state index contributed by atoms with van der Waals surface area (Å²) in [6.07, 6.45) is 0. The van der Waals surface area contributed by atoms with Gasteiger partial charge in [-0.15, -0.1) is 0 Å². The molecule has 0 atom stereocenters. The first-order valence-corrected chi connectivity index (χ1v) is 8.71. The molecule has 3 rings (SSSR count). The van der Waals surface area contributed by atoms with Crippen molar-refractivity contribution >= 4 is 23.4 Å². The maximum atomic E-state index is 11.8. The van der Waals surface area contributed by atoms with E-state index in [1.807, 2.05) is 54.6 Å². The molecule has 0 aliphatic heterocycles. The minimum Gasteiger partial charge on any atom is -0.487 e. The van der Waals surface area contributed by atoms with Crippen molar-refractivity contribution in [3.8, 4) is 5.75 Å². The molecule has 1 aromatic heterocycles. The van der Waals surface area contributed by atoms with Gasteiger partial charge in [0.05, 0.1) is 5.69 Å². The number of aromatic nitrogens is 2. The SMILES string of the molecule is O=c1cc(COc2ccccc2)nc(SCc2cccc(Cl)c2)[nH]1. The molecule has 1 heterocycles. The highest BCUT2D eigenvalue weighted by Crippen LogP contribution is 2.21. The summed E-state index contributed by atoms with van der Waals surface area (Å²) in [5.74, 6) is 1.42. The molecule has 0 bridgehead atoms. The van der Waals surface area contributed by atoms with Crippen molar-refractivity contribution in [2.45, 2.75) is 17.5 Å². The van der Waals surface area contributed by atoms with E-state index in [9.17, 15) is 4.79 Å². The number of aromatic amines is 1. The van der Waals surface area contributed by atoms with E-state index in [0.29, 0.717) is 21.6 Å². The number of nitrogens with zero attached hydrogens (tertiary/aromatic N) is 1. The standard InChI is InChI=1S/C18H15ClN2O2S/c19-14-6-4-5-13(9-14)12-24-18-20-15(10-17(22)21-18)11-23-16-7-2-1-3-8-16/h1-10H,11-12H2,(H,20,21,22). The van der Waals surface area contributed by atoms with Crippen LogP contribution in [0.4, 0.5) is 0 Å². The zero-order valence-electron chi connectivity index (χ0n) is 12.7. The molecule has 0 spiro atoms. The summed E-state index contributed by atoms with van der Waals surface area (Å²) in [6, 6.07) is 18.5. The Morgan fingerprint density at radius 2 is 1.92 bits per heavy atom. The fourth-order valence-corrected chi connectivity index (χ4v) is 3.13. The number of ether oxygens (including phenoxy) is 1. The summed E-state index contributed by atoms with van der Waals surface area (Å²) in [5, 5.41) is 1.26. The Hall–Kier alpha value is -2.24. The molecule has 2 aromatic carbocycles. The van der Waals surface area contributed by atoms with Gasteiger partial charge in [0.25, 0.3) is 5.56 Å². The third-order valence-corrected chi connectivity index (χ3v) is 4.35. The molecule has 0 aliphatic rings. The number of H-pyrrole nitrogens is 1. The highest BCUT2D eigenvalue weighted by Gasteiger charge is 2.04. The van der Waals surface area contributed by atoms with Crippen molar-refractivity contribution in [1.29, 1.82) is 0 Å². The molecule has 0 unspecified atom stereocenters. The number of hydrogen-bond acceptors (Lipinski definition) is 4. The third-order valence-electron chi connectivity index (χ3n) is 3.17. The lowest BCUT2D eigenvalue weighted by Crippen LogP contribution is -2.11. The van der Waals surface area contributed by atoms with Crippen LogP contribution >= 0.6 is 23.4 Å². The lowest BCUT2D eigenvalue weighted by Gasteiger charge is -2.07. The highest BCUT2D eigenvalue weighted by atomic mass is 35.5. The van der Waals surface area contributed by atoms with E-state index in [4.69, 9.17) is 16.3 Å². The average Bonchev–Trinajstić information content (AvgIpc) is 2.59. The van der Waals surface area contributed by atoms with E-state index in [-0.39, 0.29) is 12.2 Å². The van der Waals surface area contributed by atoms with Crippen molar-refractivity contribution in [2.75, 3.05) is 0 Å². The molecule has 1 N–H and O–H groups in total. The minimum absolute atomic E-state index is 0.190. The van der Waals surface area contributed by atoms with E-state index in [1.54, 1.807) is 0 Å². The van der Waals surface area contributed by atoms with Gasteiger partial charge >= 0.3 is 0 Å². The van der Waals surface area contributed by atoms with E-state index in [0.717, 1.165) is 11.3 Å². The molecule has 3 aromatic rings. The molecule has 0 saturated heterocycles. The first-order valence-electron chi connectivity index (χ1n) is 7.34. The summed E-state index contributed by atoms with van der Waals surface area (Å²) >= 11 is 7.43. The van der Waals surface area contributed by atoms with Crippen LogP contribution in [0.15, 0.2) is 70.6 Å². The van der Waals surface area contributed by atoms with Gasteiger partial charge in [-0.3, -0.25) is 4.79 Å². The van der Waals surface area contributed by atoms with E-state index < -0.39 is 0 Å². The van der Waals surface area contributed by atoms with Crippen molar-refractivity contribution in [2.24, 2.45) is 0 Å². The van der Waals surface area contributed by atoms with Gasteiger partial charge in [0, 0.05) is 16.8 Å². The Labute approximate surface area is 148 Å². The van der Waals surface area contributed by atoms with Gasteiger partial charge < -0.3 is 9.72 Å². The second-order valence-corrected chi connectivity index (χ2v) is 6.46. The Balaban J connectivity index is 1.66. The van der Waals surface area contributed by atoms with Crippen molar-refractivity contribution < 1.29 is 4.74 Å². The van der Waals surface area contributed by atoms with E-state index >= 15 is 0 Å². The minimum atomic E-state index is -0.190. The van der Waals surface area contributed by atoms with Gasteiger partial charge in [0.1, 0.15) is 12.4 Å². The molecular weight excluding hydrogens is 344 g/mol. The zero-order chi connectivity index (χ0) is 16.8. The van der Waals surface area contributed by atoms with Crippen LogP contribution in [-0.2, 0) is 12.4 Å². The Kier molecular flexibility index (Phi) is 5.56. The van der Waals surface area contributed by atoms with Gasteiger partial charge in [-0.1, -0.05) is 53.7 Å². The zero-order valence-corrected chi connectivity index (χ0v) is 14.3. The van der Waals surface area contributed by atoms with E-state index in [2.05, 4.69) is 9.97 Å². The summed E-state index contributed by atoms with van der Waals surface area (Å²) in [6.45, 7) is 0.249. The molecule has 0 amide bonds. The van der Waals surface area contributed by atoms with Crippen LogP contribution in [0, 0.1) is 0 Å². The van der Waals surface area contributed by atoms with Crippen LogP contribution in [0.1, 0.15) is 11.3 Å². The first-order chi connectivity index (χ1) is 11.7. The Morgan fingerprint density at radius 3 is 2.71 bits per heavy atom. The number of nitrogens with one attached hydrogen (secondary N) is 1. The number of thioether (sulfide) groups is 1. The third kappa shape index (κ3) is 4.88. The number of halogens is 1. The summed E-state index contributed by atoms with van der Waals surface area (Å²) in [5.41, 5.74) is 1.47. The van der Waals surface area contributed by atoms with Crippen LogP contribution in [-0.4, -0.2) is 9.97 Å². The fraction of sp³-hybridized carbons (Fsp3) is 0.111. The molecular formula is C18H15ClN2O2S. The quantitative estimate of drug-likeness (QED) is 0.527. The van der Waals surface area contributed by atoms with Crippen LogP contribution in [0.3, 0.4) is 0 Å². The van der Waals surface area contributed by atoms with Crippen molar-refractivity contribution in [3.63, 3.8) is 0 Å². The monoisotopic (exact) mass is 358 g/mol. The second-order valence-electron chi connectivity index (χ2n) is 5.06. The predicted molar refractivity (Wildman–Crippen MR) is 96.6 cm³/mol. The van der Waals surface area contributed by atoms with Gasteiger partial charge in [-0.2, -0.15) is 0 Å². The molecule has 0 saturated carbocycles. The van der Waals surface area contributed by atoms with Gasteiger partial charge in [0.15, 0.2) is 5.16 Å². The molecule has 0 aliphatic carbocycles. The molecule has 122 valence electrons. The van der Waals surface area contributed by atoms with Crippen LogP contribution in [0.2, 0.25) is 5.02 Å². The molecule has 0 fully saturated rings. The molecule has 4 nitrogen and oxygen atoms in total. The Bertz CT molecular complexity index is 868. The van der Waals surface area contributed by atoms with Crippen molar-refractivity contribution in [3.05, 3.63) is 87.3 Å². The summed E-state index contributed by atoms with van der Waals surface area (Å²) in [4.78, 5) is 19.0. The average molecular weight is 359 g/mol. The summed E-state index contributed by atoms with van der Waals surface area (Å²) in [7, 11) is 0. The largest absolute Gasteiger partial charge is 0.487 e. The van der Waals surface area contributed by atoms with Gasteiger partial charge in [-0.25, -0.2) is 4.98 Å². The number of rotatable bonds is 6. The lowest BCUT2D eigenvalue weighted by atomic mass is 10.2. The van der Waals surface area contributed by atoms with Crippen molar-refractivity contribution in [1.82, 2.24) is 9.97 Å². The smallest absolute Gasteiger partial charge is 0.251 e. The normalized spacial score (nSPS) is 10.5. The van der Waals surface area contributed by atoms with Crippen LogP contribution < -0.4 is 10.3 Å². The fourth-order valence-electron chi connectivity index (χ4n) is 2.08. The molecule has 24 heavy (non-hydrogen) atoms. The van der Waals surface area contributed by atoms with Crippen LogP contribution in [0.5, 0.6) is 5.75 Å². The lowest BCUT2D eigenvalue weighted by molar-refractivity contribution is 0.299. The maximum absolute atomic E-state index is 11.8. The van der Waals surface area contributed by atoms with Crippen LogP contribution in [0.25, 0.3) is 0 Å². The summed E-state index contributed by atoms with van der Waals surface area (Å²) < 4.78 is 5.64. The molecule has 0 radical (unpaired) electrons. The maximum Gasteiger partial charge on any atom is 0.251 e.